The number of halogens is 1. The number of thiol groups is 1. The summed E-state index contributed by atoms with van der Waals surface area (Å²) in [5.41, 5.74) is 0.752. The number of nitrogens with zero attached hydrogens (tertiary/aromatic N) is 1. The third kappa shape index (κ3) is 4.18. The van der Waals surface area contributed by atoms with Gasteiger partial charge in [0.1, 0.15) is 5.75 Å². The SMILES string of the molecule is O=C1CC(S)C(=O)N1CCc1ccc(OS(=O)(=O)F)cc1. The fourth-order valence-corrected chi connectivity index (χ4v) is 2.60. The number of likely N-dealkylation sites (tertiary alicyclic amines) is 1. The molecule has 1 heterocycles. The van der Waals surface area contributed by atoms with Gasteiger partial charge in [0.05, 0.1) is 5.25 Å². The van der Waals surface area contributed by atoms with Gasteiger partial charge in [-0.2, -0.15) is 21.0 Å². The van der Waals surface area contributed by atoms with Crippen molar-refractivity contribution in [2.75, 3.05) is 6.54 Å². The van der Waals surface area contributed by atoms with E-state index in [4.69, 9.17) is 0 Å². The molecule has 0 radical (unpaired) electrons. The maximum absolute atomic E-state index is 12.3. The first kappa shape index (κ1) is 15.8. The topological polar surface area (TPSA) is 80.8 Å². The van der Waals surface area contributed by atoms with Crippen LogP contribution in [0.5, 0.6) is 5.75 Å². The predicted molar refractivity (Wildman–Crippen MR) is 74.9 cm³/mol. The Hall–Kier alpha value is -1.61. The zero-order valence-electron chi connectivity index (χ0n) is 10.7. The average Bonchev–Trinajstić information content (AvgIpc) is 2.61. The van der Waals surface area contributed by atoms with Gasteiger partial charge in [-0.1, -0.05) is 16.0 Å². The van der Waals surface area contributed by atoms with E-state index in [9.17, 15) is 21.9 Å². The Morgan fingerprint density at radius 1 is 1.29 bits per heavy atom. The van der Waals surface area contributed by atoms with Gasteiger partial charge in [-0.15, -0.1) is 0 Å². The second kappa shape index (κ2) is 6.02. The van der Waals surface area contributed by atoms with Gasteiger partial charge in [-0.25, -0.2) is 0 Å². The lowest BCUT2D eigenvalue weighted by Gasteiger charge is -2.14. The molecule has 0 bridgehead atoms. The second-order valence-corrected chi connectivity index (χ2v) is 6.05. The lowest BCUT2D eigenvalue weighted by atomic mass is 10.1. The first-order chi connectivity index (χ1) is 9.76. The summed E-state index contributed by atoms with van der Waals surface area (Å²) in [7, 11) is -5.04. The summed E-state index contributed by atoms with van der Waals surface area (Å²) in [6.07, 6.45) is 0.504. The number of hydrogen-bond donors (Lipinski definition) is 1. The minimum absolute atomic E-state index is 0.100. The van der Waals surface area contributed by atoms with Gasteiger partial charge >= 0.3 is 10.5 Å². The molecule has 0 N–H and O–H groups in total. The number of imide groups is 1. The van der Waals surface area contributed by atoms with Gasteiger partial charge < -0.3 is 4.18 Å². The van der Waals surface area contributed by atoms with Crippen LogP contribution in [0.15, 0.2) is 24.3 Å². The van der Waals surface area contributed by atoms with E-state index in [1.54, 1.807) is 0 Å². The Balaban J connectivity index is 1.95. The molecule has 1 saturated heterocycles. The van der Waals surface area contributed by atoms with E-state index in [0.29, 0.717) is 6.42 Å². The molecule has 0 aliphatic carbocycles. The zero-order chi connectivity index (χ0) is 15.6. The summed E-state index contributed by atoms with van der Waals surface area (Å²) in [5.74, 6) is -0.722. The Bertz CT molecular complexity index is 659. The molecular formula is C12H12FNO5S2. The molecule has 6 nitrogen and oxygen atoms in total. The van der Waals surface area contributed by atoms with E-state index >= 15 is 0 Å². The number of hydrogen-bond acceptors (Lipinski definition) is 6. The molecule has 1 aromatic rings. The molecule has 1 aliphatic heterocycles. The van der Waals surface area contributed by atoms with Gasteiger partial charge in [0.2, 0.25) is 11.8 Å². The van der Waals surface area contributed by atoms with Crippen molar-refractivity contribution in [3.63, 3.8) is 0 Å². The van der Waals surface area contributed by atoms with Crippen LogP contribution < -0.4 is 4.18 Å². The van der Waals surface area contributed by atoms with Crippen LogP contribution in [0.1, 0.15) is 12.0 Å². The summed E-state index contributed by atoms with van der Waals surface area (Å²) in [5, 5.41) is -0.581. The molecule has 0 saturated carbocycles. The number of carbonyl (C=O) groups excluding carboxylic acids is 2. The lowest BCUT2D eigenvalue weighted by molar-refractivity contribution is -0.138. The minimum atomic E-state index is -5.04. The van der Waals surface area contributed by atoms with Crippen LogP contribution in [-0.4, -0.2) is 36.9 Å². The fraction of sp³-hybridized carbons (Fsp3) is 0.333. The summed E-state index contributed by atoms with van der Waals surface area (Å²) < 4.78 is 37.0. The molecule has 0 spiro atoms. The summed E-state index contributed by atoms with van der Waals surface area (Å²) in [6.45, 7) is 0.219. The molecule has 9 heteroatoms. The van der Waals surface area contributed by atoms with Crippen LogP contribution in [0.3, 0.4) is 0 Å². The molecule has 1 aliphatic rings. The highest BCUT2D eigenvalue weighted by atomic mass is 32.3. The molecule has 1 fully saturated rings. The van der Waals surface area contributed by atoms with Crippen LogP contribution in [-0.2, 0) is 26.5 Å². The Labute approximate surface area is 126 Å². The van der Waals surface area contributed by atoms with Gasteiger partial charge in [-0.3, -0.25) is 14.5 Å². The Morgan fingerprint density at radius 3 is 2.38 bits per heavy atom. The molecule has 1 atom stereocenters. The van der Waals surface area contributed by atoms with Crippen molar-refractivity contribution < 1.29 is 26.1 Å². The third-order valence-electron chi connectivity index (χ3n) is 2.96. The van der Waals surface area contributed by atoms with Crippen molar-refractivity contribution >= 4 is 34.9 Å². The van der Waals surface area contributed by atoms with E-state index in [0.717, 1.165) is 10.5 Å². The Kier molecular flexibility index (Phi) is 4.52. The standard InChI is InChI=1S/C12H12FNO5S2/c13-21(17,18)19-9-3-1-8(2-4-9)5-6-14-11(15)7-10(20)12(14)16/h1-4,10,20H,5-7H2. The summed E-state index contributed by atoms with van der Waals surface area (Å²) in [4.78, 5) is 24.4. The number of amides is 2. The van der Waals surface area contributed by atoms with Crippen molar-refractivity contribution in [3.8, 4) is 5.75 Å². The first-order valence-corrected chi connectivity index (χ1v) is 7.84. The molecule has 2 amide bonds. The van der Waals surface area contributed by atoms with Crippen molar-refractivity contribution in [2.24, 2.45) is 0 Å². The zero-order valence-corrected chi connectivity index (χ0v) is 12.4. The molecule has 1 unspecified atom stereocenters. The molecular weight excluding hydrogens is 321 g/mol. The van der Waals surface area contributed by atoms with Crippen LogP contribution >= 0.6 is 12.6 Å². The van der Waals surface area contributed by atoms with Gasteiger partial charge in [0.15, 0.2) is 0 Å². The largest absolute Gasteiger partial charge is 0.488 e. The van der Waals surface area contributed by atoms with Crippen LogP contribution in [0.4, 0.5) is 3.89 Å². The van der Waals surface area contributed by atoms with E-state index in [2.05, 4.69) is 16.8 Å². The van der Waals surface area contributed by atoms with Gasteiger partial charge in [0, 0.05) is 13.0 Å². The molecule has 1 aromatic carbocycles. The van der Waals surface area contributed by atoms with Crippen molar-refractivity contribution in [1.82, 2.24) is 4.90 Å². The first-order valence-electron chi connectivity index (χ1n) is 6.01. The summed E-state index contributed by atoms with van der Waals surface area (Å²) in [6, 6.07) is 5.65. The number of rotatable bonds is 5. The van der Waals surface area contributed by atoms with Crippen LogP contribution in [0.25, 0.3) is 0 Å². The highest BCUT2D eigenvalue weighted by Crippen LogP contribution is 2.19. The van der Waals surface area contributed by atoms with Crippen molar-refractivity contribution in [2.45, 2.75) is 18.1 Å². The predicted octanol–water partition coefficient (Wildman–Crippen LogP) is 0.880. The molecule has 21 heavy (non-hydrogen) atoms. The molecule has 2 rings (SSSR count). The quantitative estimate of drug-likeness (QED) is 0.491. The van der Waals surface area contributed by atoms with E-state index in [1.807, 2.05) is 0 Å². The van der Waals surface area contributed by atoms with E-state index in [-0.39, 0.29) is 30.5 Å². The van der Waals surface area contributed by atoms with Crippen LogP contribution in [0, 0.1) is 0 Å². The Morgan fingerprint density at radius 2 is 1.90 bits per heavy atom. The maximum atomic E-state index is 12.3. The van der Waals surface area contributed by atoms with Gasteiger partial charge in [-0.05, 0) is 24.1 Å². The lowest BCUT2D eigenvalue weighted by Crippen LogP contribution is -2.32. The average molecular weight is 333 g/mol. The van der Waals surface area contributed by atoms with Crippen molar-refractivity contribution in [1.29, 1.82) is 0 Å². The van der Waals surface area contributed by atoms with Gasteiger partial charge in [0.25, 0.3) is 0 Å². The van der Waals surface area contributed by atoms with E-state index < -0.39 is 15.8 Å². The highest BCUT2D eigenvalue weighted by Gasteiger charge is 2.35. The summed E-state index contributed by atoms with van der Waals surface area (Å²) >= 11 is 4.02. The molecule has 0 aromatic heterocycles. The number of carbonyl (C=O) groups is 2. The fourth-order valence-electron chi connectivity index (χ4n) is 1.97. The van der Waals surface area contributed by atoms with Crippen molar-refractivity contribution in [3.05, 3.63) is 29.8 Å². The van der Waals surface area contributed by atoms with Crippen LogP contribution in [0.2, 0.25) is 0 Å². The van der Waals surface area contributed by atoms with E-state index in [1.165, 1.54) is 24.3 Å². The second-order valence-electron chi connectivity index (χ2n) is 4.47. The monoisotopic (exact) mass is 333 g/mol. The third-order valence-corrected chi connectivity index (χ3v) is 3.76. The molecule has 114 valence electrons. The number of benzene rings is 1. The smallest absolute Gasteiger partial charge is 0.358 e. The maximum Gasteiger partial charge on any atom is 0.488 e. The minimum Gasteiger partial charge on any atom is -0.358 e. The highest BCUT2D eigenvalue weighted by molar-refractivity contribution is 7.82. The normalized spacial score (nSPS) is 19.1.